The van der Waals surface area contributed by atoms with E-state index in [4.69, 9.17) is 0 Å². The van der Waals surface area contributed by atoms with Gasteiger partial charge < -0.3 is 10.1 Å². The van der Waals surface area contributed by atoms with E-state index in [0.29, 0.717) is 11.6 Å². The number of sulfonamides is 1. The molecule has 0 saturated heterocycles. The maximum absolute atomic E-state index is 14.3. The van der Waals surface area contributed by atoms with Crippen molar-refractivity contribution in [1.82, 2.24) is 4.72 Å². The zero-order valence-corrected chi connectivity index (χ0v) is 18.5. The Kier molecular flexibility index (Phi) is 7.69. The van der Waals surface area contributed by atoms with E-state index in [1.54, 1.807) is 30.3 Å². The molecule has 0 fully saturated rings. The molecule has 178 valence electrons. The number of anilines is 1. The number of carbonyl (C=O) groups is 2. The summed E-state index contributed by atoms with van der Waals surface area (Å²) in [6, 6.07) is 12.3. The number of carbonyl (C=O) groups excluding carboxylic acids is 2. The highest BCUT2D eigenvalue weighted by Crippen LogP contribution is 2.19. The second-order valence-electron chi connectivity index (χ2n) is 7.11. The fourth-order valence-electron chi connectivity index (χ4n) is 3.04. The molecule has 0 spiro atoms. The van der Waals surface area contributed by atoms with Gasteiger partial charge in [0.2, 0.25) is 10.0 Å². The van der Waals surface area contributed by atoms with Gasteiger partial charge in [-0.2, -0.15) is 4.72 Å². The molecule has 0 aromatic heterocycles. The van der Waals surface area contributed by atoms with Crippen LogP contribution in [-0.2, 0) is 26.0 Å². The van der Waals surface area contributed by atoms with Gasteiger partial charge in [-0.3, -0.25) is 9.59 Å². The fourth-order valence-corrected chi connectivity index (χ4v) is 4.25. The minimum absolute atomic E-state index is 0.0165. The SMILES string of the molecule is COC(=O)[C@H](Cc1ccccc1)NS(=O)(=O)c1ccc(F)c(C(=O)Nc2ccc(F)c(F)c2)c1. The lowest BCUT2D eigenvalue weighted by Gasteiger charge is -2.17. The van der Waals surface area contributed by atoms with Gasteiger partial charge >= 0.3 is 5.97 Å². The Morgan fingerprint density at radius 1 is 0.912 bits per heavy atom. The standard InChI is InChI=1S/C23H19F3N2O5S/c1-33-23(30)21(11-14-5-3-2-4-6-14)28-34(31,32)16-8-10-18(24)17(13-16)22(29)27-15-7-9-19(25)20(26)12-15/h2-10,12-13,21,28H,11H2,1H3,(H,27,29)/t21-/m0/s1. The van der Waals surface area contributed by atoms with Gasteiger partial charge in [-0.1, -0.05) is 30.3 Å². The number of rotatable bonds is 8. The second-order valence-corrected chi connectivity index (χ2v) is 8.83. The van der Waals surface area contributed by atoms with Crippen LogP contribution in [0.1, 0.15) is 15.9 Å². The zero-order chi connectivity index (χ0) is 24.9. The normalized spacial score (nSPS) is 12.1. The number of esters is 1. The van der Waals surface area contributed by atoms with E-state index >= 15 is 0 Å². The highest BCUT2D eigenvalue weighted by atomic mass is 32.2. The number of benzene rings is 3. The molecule has 0 radical (unpaired) electrons. The number of methoxy groups -OCH3 is 1. The van der Waals surface area contributed by atoms with Crippen molar-refractivity contribution in [2.45, 2.75) is 17.4 Å². The van der Waals surface area contributed by atoms with Crippen molar-refractivity contribution in [2.24, 2.45) is 0 Å². The molecule has 0 saturated carbocycles. The summed E-state index contributed by atoms with van der Waals surface area (Å²) in [5.74, 6) is -5.35. The molecule has 1 amide bonds. The van der Waals surface area contributed by atoms with Gasteiger partial charge in [0.25, 0.3) is 5.91 Å². The van der Waals surface area contributed by atoms with Gasteiger partial charge in [-0.25, -0.2) is 21.6 Å². The van der Waals surface area contributed by atoms with Crippen molar-refractivity contribution >= 4 is 27.6 Å². The summed E-state index contributed by atoms with van der Waals surface area (Å²) in [4.78, 5) is 24.2. The largest absolute Gasteiger partial charge is 0.468 e. The highest BCUT2D eigenvalue weighted by Gasteiger charge is 2.28. The average molecular weight is 492 g/mol. The smallest absolute Gasteiger partial charge is 0.324 e. The van der Waals surface area contributed by atoms with E-state index in [2.05, 4.69) is 14.8 Å². The lowest BCUT2D eigenvalue weighted by Crippen LogP contribution is -2.43. The summed E-state index contributed by atoms with van der Waals surface area (Å²) >= 11 is 0. The third kappa shape index (κ3) is 6.00. The first-order chi connectivity index (χ1) is 16.1. The van der Waals surface area contributed by atoms with E-state index < -0.39 is 55.9 Å². The van der Waals surface area contributed by atoms with Gasteiger partial charge in [-0.15, -0.1) is 0 Å². The number of ether oxygens (including phenoxy) is 1. The van der Waals surface area contributed by atoms with Crippen LogP contribution in [0.4, 0.5) is 18.9 Å². The van der Waals surface area contributed by atoms with E-state index in [-0.39, 0.29) is 12.1 Å². The zero-order valence-electron chi connectivity index (χ0n) is 17.7. The van der Waals surface area contributed by atoms with Crippen LogP contribution < -0.4 is 10.0 Å². The summed E-state index contributed by atoms with van der Waals surface area (Å²) in [5.41, 5.74) is -0.167. The van der Waals surface area contributed by atoms with Crippen LogP contribution in [-0.4, -0.2) is 33.4 Å². The number of halogens is 3. The van der Waals surface area contributed by atoms with Crippen molar-refractivity contribution in [3.05, 3.63) is 95.3 Å². The summed E-state index contributed by atoms with van der Waals surface area (Å²) < 4.78 is 73.5. The molecule has 0 heterocycles. The summed E-state index contributed by atoms with van der Waals surface area (Å²) in [5, 5.41) is 2.17. The Morgan fingerprint density at radius 3 is 2.24 bits per heavy atom. The molecule has 11 heteroatoms. The molecular weight excluding hydrogens is 473 g/mol. The van der Waals surface area contributed by atoms with Gasteiger partial charge in [0.1, 0.15) is 11.9 Å². The Balaban J connectivity index is 1.86. The van der Waals surface area contributed by atoms with Gasteiger partial charge in [-0.05, 0) is 42.3 Å². The van der Waals surface area contributed by atoms with Crippen molar-refractivity contribution in [2.75, 3.05) is 12.4 Å². The van der Waals surface area contributed by atoms with Crippen LogP contribution in [0.25, 0.3) is 0 Å². The second kappa shape index (κ2) is 10.5. The number of hydrogen-bond donors (Lipinski definition) is 2. The lowest BCUT2D eigenvalue weighted by molar-refractivity contribution is -0.142. The van der Waals surface area contributed by atoms with Crippen LogP contribution in [0.15, 0.2) is 71.6 Å². The Bertz CT molecular complexity index is 1320. The van der Waals surface area contributed by atoms with E-state index in [0.717, 1.165) is 37.4 Å². The van der Waals surface area contributed by atoms with Gasteiger partial charge in [0.15, 0.2) is 11.6 Å². The topological polar surface area (TPSA) is 102 Å². The minimum atomic E-state index is -4.40. The molecule has 3 rings (SSSR count). The van der Waals surface area contributed by atoms with Crippen molar-refractivity contribution in [3.8, 4) is 0 Å². The Hall–Kier alpha value is -3.70. The lowest BCUT2D eigenvalue weighted by atomic mass is 10.1. The number of hydrogen-bond acceptors (Lipinski definition) is 5. The summed E-state index contributed by atoms with van der Waals surface area (Å²) in [6.07, 6.45) is -0.0165. The van der Waals surface area contributed by atoms with E-state index in [9.17, 15) is 31.2 Å². The Labute approximate surface area is 193 Å². The van der Waals surface area contributed by atoms with Crippen LogP contribution in [0.5, 0.6) is 0 Å². The molecule has 2 N–H and O–H groups in total. The maximum atomic E-state index is 14.3. The average Bonchev–Trinajstić information content (AvgIpc) is 2.81. The molecule has 7 nitrogen and oxygen atoms in total. The predicted octanol–water partition coefficient (Wildman–Crippen LogP) is 3.42. The Morgan fingerprint density at radius 2 is 1.59 bits per heavy atom. The maximum Gasteiger partial charge on any atom is 0.324 e. The first kappa shape index (κ1) is 24.9. The highest BCUT2D eigenvalue weighted by molar-refractivity contribution is 7.89. The molecule has 0 aliphatic heterocycles. The molecule has 0 aliphatic rings. The number of nitrogens with one attached hydrogen (secondary N) is 2. The first-order valence-corrected chi connectivity index (χ1v) is 11.3. The van der Waals surface area contributed by atoms with Crippen molar-refractivity contribution in [1.29, 1.82) is 0 Å². The molecule has 0 bridgehead atoms. The minimum Gasteiger partial charge on any atom is -0.468 e. The van der Waals surface area contributed by atoms with Crippen LogP contribution >= 0.6 is 0 Å². The molecule has 34 heavy (non-hydrogen) atoms. The third-order valence-electron chi connectivity index (χ3n) is 4.74. The quantitative estimate of drug-likeness (QED) is 0.470. The van der Waals surface area contributed by atoms with Gasteiger partial charge in [0.05, 0.1) is 17.6 Å². The molecule has 0 aliphatic carbocycles. The predicted molar refractivity (Wildman–Crippen MR) is 117 cm³/mol. The molecule has 0 unspecified atom stereocenters. The summed E-state index contributed by atoms with van der Waals surface area (Å²) in [6.45, 7) is 0. The van der Waals surface area contributed by atoms with E-state index in [1.165, 1.54) is 0 Å². The first-order valence-electron chi connectivity index (χ1n) is 9.81. The van der Waals surface area contributed by atoms with Crippen LogP contribution in [0.3, 0.4) is 0 Å². The van der Waals surface area contributed by atoms with Crippen LogP contribution in [0.2, 0.25) is 0 Å². The summed E-state index contributed by atoms with van der Waals surface area (Å²) in [7, 11) is -3.30. The van der Waals surface area contributed by atoms with Crippen LogP contribution in [0, 0.1) is 17.5 Å². The molecular formula is C23H19F3N2O5S. The fraction of sp³-hybridized carbons (Fsp3) is 0.130. The molecule has 3 aromatic rings. The van der Waals surface area contributed by atoms with Crippen molar-refractivity contribution < 1.29 is 35.9 Å². The van der Waals surface area contributed by atoms with E-state index in [1.807, 2.05) is 0 Å². The number of amides is 1. The molecule has 1 atom stereocenters. The van der Waals surface area contributed by atoms with Gasteiger partial charge in [0, 0.05) is 11.8 Å². The van der Waals surface area contributed by atoms with Crippen molar-refractivity contribution in [3.63, 3.8) is 0 Å². The third-order valence-corrected chi connectivity index (χ3v) is 6.21. The monoisotopic (exact) mass is 492 g/mol. The molecule has 3 aromatic carbocycles.